The lowest BCUT2D eigenvalue weighted by Gasteiger charge is -2.31. The van der Waals surface area contributed by atoms with E-state index in [1.807, 2.05) is 30.3 Å². The first-order valence-corrected chi connectivity index (χ1v) is 11.1. The van der Waals surface area contributed by atoms with Crippen molar-refractivity contribution < 1.29 is 28.3 Å². The van der Waals surface area contributed by atoms with Gasteiger partial charge in [-0.15, -0.1) is 0 Å². The van der Waals surface area contributed by atoms with Crippen LogP contribution in [0.4, 0.5) is 0 Å². The predicted molar refractivity (Wildman–Crippen MR) is 125 cm³/mol. The molecule has 0 radical (unpaired) electrons. The third-order valence-corrected chi connectivity index (χ3v) is 5.61. The molecule has 0 saturated carbocycles. The minimum Gasteiger partial charge on any atom is -0.480 e. The number of rotatable bonds is 11. The van der Waals surface area contributed by atoms with Gasteiger partial charge in [0.05, 0.1) is 16.8 Å². The highest BCUT2D eigenvalue weighted by Gasteiger charge is 2.34. The molecular formula is C26H32N2O5. The van der Waals surface area contributed by atoms with Gasteiger partial charge in [-0.25, -0.2) is 0 Å². The van der Waals surface area contributed by atoms with E-state index in [1.54, 1.807) is 31.2 Å². The van der Waals surface area contributed by atoms with Crippen molar-refractivity contribution in [3.8, 4) is 0 Å². The number of nitrogens with zero attached hydrogens (tertiary/aromatic N) is 1. The lowest BCUT2D eigenvalue weighted by atomic mass is 10.0. The summed E-state index contributed by atoms with van der Waals surface area (Å²) in [4.78, 5) is 38.7. The van der Waals surface area contributed by atoms with Crippen molar-refractivity contribution in [2.45, 2.75) is 57.6 Å². The molecule has 3 rings (SSSR count). The van der Waals surface area contributed by atoms with E-state index in [0.717, 1.165) is 16.7 Å². The molecule has 0 unspecified atom stereocenters. The van der Waals surface area contributed by atoms with Crippen LogP contribution in [0.3, 0.4) is 0 Å². The predicted octanol–water partition coefficient (Wildman–Crippen LogP) is 2.61. The second kappa shape index (κ2) is 11.6. The number of esters is 1. The first kappa shape index (κ1) is 20.4. The van der Waals surface area contributed by atoms with E-state index in [-0.39, 0.29) is 19.4 Å². The number of benzene rings is 2. The largest absolute Gasteiger partial charge is 0.480 e. The molecule has 2 aromatic carbocycles. The Morgan fingerprint density at radius 2 is 1.76 bits per heavy atom. The molecule has 0 bridgehead atoms. The summed E-state index contributed by atoms with van der Waals surface area (Å²) in [5.41, 5.74) is 2.52. The number of carbonyl (C=O) groups excluding carboxylic acids is 2. The van der Waals surface area contributed by atoms with Gasteiger partial charge in [0, 0.05) is 6.02 Å². The summed E-state index contributed by atoms with van der Waals surface area (Å²) in [6.45, 7) is 0.117. The van der Waals surface area contributed by atoms with Crippen LogP contribution in [0.15, 0.2) is 54.6 Å². The molecule has 2 aromatic rings. The van der Waals surface area contributed by atoms with Gasteiger partial charge in [-0.2, -0.15) is 0 Å². The number of carboxylic acids is 1. The van der Waals surface area contributed by atoms with Gasteiger partial charge in [0.25, 0.3) is 0 Å². The molecule has 1 amide bonds. The maximum Gasteiger partial charge on any atom is 0.323 e. The van der Waals surface area contributed by atoms with E-state index < -0.39 is 42.4 Å². The van der Waals surface area contributed by atoms with Gasteiger partial charge in [-0.1, -0.05) is 54.6 Å². The zero-order valence-electron chi connectivity index (χ0n) is 21.9. The Morgan fingerprint density at radius 3 is 2.33 bits per heavy atom. The van der Waals surface area contributed by atoms with Crippen LogP contribution in [0, 0.1) is 0 Å². The number of hydrogen-bond acceptors (Lipinski definition) is 5. The van der Waals surface area contributed by atoms with Crippen molar-refractivity contribution in [1.82, 2.24) is 10.2 Å². The van der Waals surface area contributed by atoms with Crippen LogP contribution in [0.25, 0.3) is 0 Å². The minimum absolute atomic E-state index is 0.0102. The fourth-order valence-electron chi connectivity index (χ4n) is 3.98. The Bertz CT molecular complexity index is 1070. The number of carboxylic acid groups (broad SMARTS) is 1. The Morgan fingerprint density at radius 1 is 1.15 bits per heavy atom. The number of aliphatic carboxylic acids is 1. The number of aryl methyl sites for hydroxylation is 1. The van der Waals surface area contributed by atoms with Crippen LogP contribution >= 0.6 is 0 Å². The molecule has 0 aliphatic heterocycles. The van der Waals surface area contributed by atoms with E-state index in [2.05, 4.69) is 5.32 Å². The van der Waals surface area contributed by atoms with Crippen LogP contribution in [0.2, 0.25) is 0 Å². The molecule has 1 aliphatic carbocycles. The maximum atomic E-state index is 13.6. The second-order valence-electron chi connectivity index (χ2n) is 8.00. The molecule has 0 heterocycles. The van der Waals surface area contributed by atoms with Crippen molar-refractivity contribution in [3.05, 3.63) is 71.3 Å². The molecule has 7 heteroatoms. The van der Waals surface area contributed by atoms with Crippen LogP contribution < -0.4 is 5.32 Å². The SMILES string of the molecule is [2H]C1(N(C(=O)[C@H](C)N[C@@H](CCc2ccccc2)C(=O)OCC)C([2H])([2H])C(=O)O)Cc2ccccc2C1. The van der Waals surface area contributed by atoms with Gasteiger partial charge in [0.1, 0.15) is 12.5 Å². The van der Waals surface area contributed by atoms with Crippen molar-refractivity contribution in [3.63, 3.8) is 0 Å². The summed E-state index contributed by atoms with van der Waals surface area (Å²) in [5, 5.41) is 12.6. The van der Waals surface area contributed by atoms with Crippen molar-refractivity contribution in [1.29, 1.82) is 0 Å². The van der Waals surface area contributed by atoms with Gasteiger partial charge >= 0.3 is 11.9 Å². The van der Waals surface area contributed by atoms with Gasteiger partial charge < -0.3 is 14.7 Å². The average molecular weight is 456 g/mol. The van der Waals surface area contributed by atoms with Crippen LogP contribution in [-0.4, -0.2) is 59.1 Å². The van der Waals surface area contributed by atoms with Crippen LogP contribution in [-0.2, 0) is 38.4 Å². The molecule has 2 N–H and O–H groups in total. The normalized spacial score (nSPS) is 17.6. The molecule has 0 fully saturated rings. The Hall–Kier alpha value is -3.19. The van der Waals surface area contributed by atoms with Gasteiger partial charge in [-0.3, -0.25) is 19.7 Å². The lowest BCUT2D eigenvalue weighted by Crippen LogP contribution is -2.54. The van der Waals surface area contributed by atoms with Gasteiger partial charge in [0.2, 0.25) is 5.91 Å². The van der Waals surface area contributed by atoms with Crippen molar-refractivity contribution in [2.75, 3.05) is 13.1 Å². The molecule has 2 atom stereocenters. The topological polar surface area (TPSA) is 95.9 Å². The standard InChI is InChI=1S/C26H32N2O5/c1-3-33-26(32)23(14-13-19-9-5-4-6-10-19)27-18(2)25(31)28(17-24(29)30)22-15-20-11-7-8-12-21(20)16-22/h4-12,18,22-23,27H,3,13-17H2,1-2H3,(H,29,30)/t18-,23-/m0/s1/i17D2,22D. The van der Waals surface area contributed by atoms with Crippen LogP contribution in [0.1, 0.15) is 41.1 Å². The summed E-state index contributed by atoms with van der Waals surface area (Å²) in [6, 6.07) is 12.7. The minimum atomic E-state index is -3.14. The molecule has 0 spiro atoms. The number of amides is 1. The number of nitrogens with one attached hydrogen (secondary N) is 1. The molecule has 176 valence electrons. The zero-order valence-corrected chi connectivity index (χ0v) is 18.9. The molecule has 0 saturated heterocycles. The first-order chi connectivity index (χ1) is 17.0. The summed E-state index contributed by atoms with van der Waals surface area (Å²) in [7, 11) is 0. The Labute approximate surface area is 199 Å². The maximum absolute atomic E-state index is 13.6. The first-order valence-electron chi connectivity index (χ1n) is 12.6. The number of ether oxygens (including phenoxy) is 1. The van der Waals surface area contributed by atoms with E-state index in [4.69, 9.17) is 8.85 Å². The number of hydrogen-bond donors (Lipinski definition) is 2. The third kappa shape index (κ3) is 6.65. The summed E-state index contributed by atoms with van der Waals surface area (Å²) in [6.07, 6.45) is 0.812. The highest BCUT2D eigenvalue weighted by atomic mass is 16.5. The fourth-order valence-corrected chi connectivity index (χ4v) is 3.98. The van der Waals surface area contributed by atoms with E-state index in [9.17, 15) is 19.5 Å². The highest BCUT2D eigenvalue weighted by Crippen LogP contribution is 2.26. The molecule has 33 heavy (non-hydrogen) atoms. The molecule has 7 nitrogen and oxygen atoms in total. The van der Waals surface area contributed by atoms with Crippen LogP contribution in [0.5, 0.6) is 0 Å². The highest BCUT2D eigenvalue weighted by molar-refractivity contribution is 5.86. The third-order valence-electron chi connectivity index (χ3n) is 5.61. The Balaban J connectivity index is 1.85. The number of carbonyl (C=O) groups is 3. The monoisotopic (exact) mass is 455 g/mol. The second-order valence-corrected chi connectivity index (χ2v) is 8.00. The van der Waals surface area contributed by atoms with E-state index in [0.29, 0.717) is 17.7 Å². The summed E-state index contributed by atoms with van der Waals surface area (Å²) < 4.78 is 30.6. The van der Waals surface area contributed by atoms with E-state index in [1.165, 1.54) is 6.92 Å². The molecular weight excluding hydrogens is 420 g/mol. The molecule has 1 aliphatic rings. The number of fused-ring (bicyclic) bond motifs is 1. The zero-order chi connectivity index (χ0) is 26.5. The Kier molecular flexibility index (Phi) is 7.18. The van der Waals surface area contributed by atoms with Gasteiger partial charge in [0.15, 0.2) is 0 Å². The molecule has 0 aromatic heterocycles. The van der Waals surface area contributed by atoms with Crippen molar-refractivity contribution in [2.24, 2.45) is 0 Å². The quantitative estimate of drug-likeness (QED) is 0.506. The van der Waals surface area contributed by atoms with Crippen molar-refractivity contribution >= 4 is 17.8 Å². The van der Waals surface area contributed by atoms with E-state index >= 15 is 0 Å². The van der Waals surface area contributed by atoms with Gasteiger partial charge in [-0.05, 0) is 56.2 Å². The smallest absolute Gasteiger partial charge is 0.323 e. The lowest BCUT2D eigenvalue weighted by molar-refractivity contribution is -0.149. The average Bonchev–Trinajstić information content (AvgIpc) is 3.18. The summed E-state index contributed by atoms with van der Waals surface area (Å²) >= 11 is 0. The summed E-state index contributed by atoms with van der Waals surface area (Å²) in [5.74, 6) is -3.34. The fraction of sp³-hybridized carbons (Fsp3) is 0.423.